The molecule has 2 aromatic carbocycles. The summed E-state index contributed by atoms with van der Waals surface area (Å²) in [5.41, 5.74) is 2.05. The molecule has 2 aromatic rings. The Kier molecular flexibility index (Phi) is 38.0. The summed E-state index contributed by atoms with van der Waals surface area (Å²) in [7, 11) is 2.23. The first-order chi connectivity index (χ1) is 48.9. The molecular weight excluding hydrogens is 1370 g/mol. The normalized spacial score (nSPS) is 19.9. The first-order valence-corrected chi connectivity index (χ1v) is 32.9. The van der Waals surface area contributed by atoms with Gasteiger partial charge in [-0.05, 0) is 62.1 Å². The van der Waals surface area contributed by atoms with E-state index in [1.807, 2.05) is 0 Å². The molecule has 0 aromatic heterocycles. The van der Waals surface area contributed by atoms with Gasteiger partial charge in [-0.25, -0.2) is 14.4 Å². The number of methoxy groups -OCH3 is 2. The molecule has 0 aliphatic carbocycles. The van der Waals surface area contributed by atoms with Crippen molar-refractivity contribution in [2.24, 2.45) is 11.8 Å². The third-order valence-electron chi connectivity index (χ3n) is 14.5. The fourth-order valence-corrected chi connectivity index (χ4v) is 9.69. The number of amides is 4. The minimum atomic E-state index is -1.81. The van der Waals surface area contributed by atoms with Crippen LogP contribution in [-0.4, -0.2) is 258 Å². The third-order valence-corrected chi connectivity index (χ3v) is 14.5. The van der Waals surface area contributed by atoms with Gasteiger partial charge in [0, 0.05) is 73.6 Å². The van der Waals surface area contributed by atoms with Crippen LogP contribution in [-0.2, 0) is 142 Å². The number of benzene rings is 2. The van der Waals surface area contributed by atoms with Crippen molar-refractivity contribution in [3.8, 4) is 11.5 Å². The van der Waals surface area contributed by atoms with Gasteiger partial charge in [-0.15, -0.1) is 0 Å². The van der Waals surface area contributed by atoms with Crippen molar-refractivity contribution in [3.63, 3.8) is 0 Å². The lowest BCUT2D eigenvalue weighted by atomic mass is 9.83. The van der Waals surface area contributed by atoms with Crippen molar-refractivity contribution in [2.45, 2.75) is 144 Å². The van der Waals surface area contributed by atoms with Crippen molar-refractivity contribution in [3.05, 3.63) is 58.7 Å². The summed E-state index contributed by atoms with van der Waals surface area (Å²) in [6.07, 6.45) is -12.9. The lowest BCUT2D eigenvalue weighted by Crippen LogP contribution is -2.64. The minimum absolute atomic E-state index is 0.00137. The standard InChI is InChI=1S/C67H96N4O32/c1-39-40(2)55(95-43(5)74)64(101-54(39)62(81)84-12)99-51-16-14-47(36-92-41(3)72)34-49(51)60(79)68-18-22-86-26-28-88-24-20-71(53(78)38-91-31-30-90-32-33-94-70-66(83)103-67(9,10)11)21-25-89-29-27-87-23-19-69-61(80)50-35-48(37-93-42(4)73)15-17-52(50)100-65-59(98-46(8)77)57(97-45(7)76)56(96-44(6)75)58(102-65)63(82)85-13/h14-17,34-35,39-40,54-59,64-65H,18-33,36-38H2,1-13H3,(H,68,79)(H,69,80)(H,70,83)/t39-,40-,54-,55+,56-,57-,58-,59+,64+,65+/m0/s1. The molecule has 36 nitrogen and oxygen atoms in total. The van der Waals surface area contributed by atoms with Gasteiger partial charge in [0.25, 0.3) is 11.8 Å². The van der Waals surface area contributed by atoms with Crippen molar-refractivity contribution >= 4 is 71.6 Å². The molecule has 36 heteroatoms. The fourth-order valence-electron chi connectivity index (χ4n) is 9.69. The van der Waals surface area contributed by atoms with Crippen LogP contribution in [0.15, 0.2) is 36.4 Å². The maximum absolute atomic E-state index is 13.9. The Morgan fingerprint density at radius 1 is 0.466 bits per heavy atom. The highest BCUT2D eigenvalue weighted by molar-refractivity contribution is 5.98. The monoisotopic (exact) mass is 1470 g/mol. The Bertz CT molecular complexity index is 3120. The predicted molar refractivity (Wildman–Crippen MR) is 348 cm³/mol. The van der Waals surface area contributed by atoms with Crippen molar-refractivity contribution in [2.75, 3.05) is 126 Å². The van der Waals surface area contributed by atoms with E-state index in [1.165, 1.54) is 63.1 Å². The second-order valence-electron chi connectivity index (χ2n) is 23.8. The third kappa shape index (κ3) is 31.7. The van der Waals surface area contributed by atoms with E-state index in [0.717, 1.165) is 27.9 Å². The van der Waals surface area contributed by atoms with E-state index >= 15 is 0 Å². The van der Waals surface area contributed by atoms with Crippen molar-refractivity contribution < 1.29 is 152 Å². The molecule has 2 aliphatic heterocycles. The smallest absolute Gasteiger partial charge is 0.431 e. The number of esters is 8. The van der Waals surface area contributed by atoms with Gasteiger partial charge < -0.3 is 106 Å². The zero-order chi connectivity index (χ0) is 76.2. The molecule has 576 valence electrons. The number of carbonyl (C=O) groups is 12. The van der Waals surface area contributed by atoms with Gasteiger partial charge in [0.1, 0.15) is 36.9 Å². The van der Waals surface area contributed by atoms with E-state index in [0.29, 0.717) is 11.1 Å². The molecule has 0 bridgehead atoms. The largest absolute Gasteiger partial charge is 0.467 e. The molecule has 10 atom stereocenters. The second kappa shape index (κ2) is 45.3. The predicted octanol–water partition coefficient (Wildman–Crippen LogP) is 1.91. The highest BCUT2D eigenvalue weighted by Gasteiger charge is 2.56. The van der Waals surface area contributed by atoms with Gasteiger partial charge in [0.05, 0.1) is 105 Å². The van der Waals surface area contributed by atoms with Crippen LogP contribution in [0.2, 0.25) is 0 Å². The van der Waals surface area contributed by atoms with Crippen LogP contribution >= 0.6 is 0 Å². The molecule has 0 spiro atoms. The van der Waals surface area contributed by atoms with Crippen LogP contribution in [0, 0.1) is 11.8 Å². The molecule has 0 saturated carbocycles. The SMILES string of the molecule is COC(=O)[C@H]1O[C@@H](Oc2ccc(COC(C)=O)cc2C(=O)NCCOCCOCCN(CCOCCOCCNC(=O)c2cc(COC(C)=O)ccc2O[C@@H]2O[C@H](C(=O)OC)[C@@H](OC(C)=O)[C@H](OC(C)=O)[C@H]2OC(C)=O)C(=O)COCCOCCONC(=O)OC(C)(C)C)[C@H](OC(C)=O)[C@@H](C)[C@@H]1C. The average Bonchev–Trinajstić information content (AvgIpc) is 0.781. The van der Waals surface area contributed by atoms with Crippen molar-refractivity contribution in [1.82, 2.24) is 21.0 Å². The molecule has 103 heavy (non-hydrogen) atoms. The van der Waals surface area contributed by atoms with Gasteiger partial charge in [-0.1, -0.05) is 26.0 Å². The zero-order valence-electron chi connectivity index (χ0n) is 60.2. The topological polar surface area (TPSA) is 429 Å². The van der Waals surface area contributed by atoms with Crippen molar-refractivity contribution in [1.29, 1.82) is 0 Å². The van der Waals surface area contributed by atoms with Gasteiger partial charge in [0.15, 0.2) is 30.5 Å². The number of hydroxylamine groups is 1. The fraction of sp³-hybridized carbons (Fsp3) is 0.642. The highest BCUT2D eigenvalue weighted by Crippen LogP contribution is 2.37. The lowest BCUT2D eigenvalue weighted by Gasteiger charge is -2.43. The van der Waals surface area contributed by atoms with Gasteiger partial charge in [-0.2, -0.15) is 5.48 Å². The summed E-state index contributed by atoms with van der Waals surface area (Å²) >= 11 is 0. The molecule has 0 unspecified atom stereocenters. The van der Waals surface area contributed by atoms with Crippen LogP contribution in [0.5, 0.6) is 11.5 Å². The maximum Gasteiger partial charge on any atom is 0.431 e. The highest BCUT2D eigenvalue weighted by atomic mass is 16.7. The Morgan fingerprint density at radius 2 is 0.874 bits per heavy atom. The van der Waals surface area contributed by atoms with E-state index in [4.69, 9.17) is 94.8 Å². The van der Waals surface area contributed by atoms with Gasteiger partial charge >= 0.3 is 53.8 Å². The van der Waals surface area contributed by atoms with E-state index in [-0.39, 0.29) is 148 Å². The molecule has 2 saturated heterocycles. The van der Waals surface area contributed by atoms with Gasteiger partial charge in [0.2, 0.25) is 24.6 Å². The number of nitrogens with zero attached hydrogens (tertiary/aromatic N) is 1. The Labute approximate surface area is 595 Å². The number of hydrogen-bond acceptors (Lipinski definition) is 32. The maximum atomic E-state index is 13.9. The first-order valence-electron chi connectivity index (χ1n) is 32.9. The molecule has 3 N–H and O–H groups in total. The Hall–Kier alpha value is -8.88. The van der Waals surface area contributed by atoms with Crippen LogP contribution in [0.4, 0.5) is 4.79 Å². The summed E-state index contributed by atoms with van der Waals surface area (Å²) in [5, 5.41) is 5.45. The van der Waals surface area contributed by atoms with Crippen LogP contribution in [0.25, 0.3) is 0 Å². The molecule has 4 rings (SSSR count). The number of rotatable bonds is 43. The molecule has 2 aliphatic rings. The van der Waals surface area contributed by atoms with E-state index in [2.05, 4.69) is 16.1 Å². The summed E-state index contributed by atoms with van der Waals surface area (Å²) in [6, 6.07) is 8.58. The summed E-state index contributed by atoms with van der Waals surface area (Å²) < 4.78 is 105. The quantitative estimate of drug-likeness (QED) is 0.0369. The first kappa shape index (κ1) is 86.5. The minimum Gasteiger partial charge on any atom is -0.467 e. The summed E-state index contributed by atoms with van der Waals surface area (Å²) in [5.74, 6) is -9.19. The number of hydrogen-bond donors (Lipinski definition) is 3. The summed E-state index contributed by atoms with van der Waals surface area (Å²) in [4.78, 5) is 158. The zero-order valence-corrected chi connectivity index (χ0v) is 60.2. The van der Waals surface area contributed by atoms with E-state index < -0.39 is 138 Å². The van der Waals surface area contributed by atoms with Crippen LogP contribution < -0.4 is 25.6 Å². The molecule has 4 amide bonds. The van der Waals surface area contributed by atoms with Crippen LogP contribution in [0.1, 0.15) is 108 Å². The number of carbonyl (C=O) groups excluding carboxylic acids is 12. The lowest BCUT2D eigenvalue weighted by molar-refractivity contribution is -0.282. The second-order valence-corrected chi connectivity index (χ2v) is 23.8. The molecule has 0 radical (unpaired) electrons. The Balaban J connectivity index is 1.32. The molecule has 2 fully saturated rings. The Morgan fingerprint density at radius 3 is 1.34 bits per heavy atom. The molecule has 2 heterocycles. The average molecular weight is 1470 g/mol. The van der Waals surface area contributed by atoms with E-state index in [9.17, 15) is 57.5 Å². The summed E-state index contributed by atoms with van der Waals surface area (Å²) in [6.45, 7) is 15.3. The molecular formula is C67H96N4O32. The van der Waals surface area contributed by atoms with E-state index in [1.54, 1.807) is 40.7 Å². The van der Waals surface area contributed by atoms with Gasteiger partial charge in [-0.3, -0.25) is 48.0 Å². The number of ether oxygens (including phenoxy) is 19. The van der Waals surface area contributed by atoms with Crippen LogP contribution in [0.3, 0.4) is 0 Å². The number of nitrogens with one attached hydrogen (secondary N) is 3.